The number of fused-ring (bicyclic) bond motifs is 2. The minimum atomic E-state index is -0.434. The van der Waals surface area contributed by atoms with E-state index in [1.54, 1.807) is 18.2 Å². The first-order valence-corrected chi connectivity index (χ1v) is 9.56. The molecule has 0 radical (unpaired) electrons. The largest absolute Gasteiger partial charge is 0.419 e. The maximum absolute atomic E-state index is 12.6. The summed E-state index contributed by atoms with van der Waals surface area (Å²) >= 11 is 5.93. The number of rotatable bonds is 3. The van der Waals surface area contributed by atoms with E-state index in [9.17, 15) is 9.59 Å². The van der Waals surface area contributed by atoms with Gasteiger partial charge in [0.15, 0.2) is 5.58 Å². The molecule has 1 amide bonds. The van der Waals surface area contributed by atoms with E-state index in [1.807, 2.05) is 4.90 Å². The van der Waals surface area contributed by atoms with Crippen LogP contribution >= 0.6 is 11.6 Å². The third-order valence-electron chi connectivity index (χ3n) is 5.82. The summed E-state index contributed by atoms with van der Waals surface area (Å²) in [6.45, 7) is 2.09. The van der Waals surface area contributed by atoms with E-state index in [-0.39, 0.29) is 5.91 Å². The van der Waals surface area contributed by atoms with Crippen molar-refractivity contribution in [2.45, 2.75) is 45.1 Å². The third kappa shape index (κ3) is 3.34. The molecule has 0 unspecified atom stereocenters. The summed E-state index contributed by atoms with van der Waals surface area (Å²) in [6, 6.07) is 5.12. The Morgan fingerprint density at radius 1 is 1.20 bits per heavy atom. The standard InChI is InChI=1S/C19H23ClN2O3/c20-15-5-6-16-17(11-15)25-19(24)22(16)10-8-18(23)21-9-7-13-3-1-2-4-14(13)12-21/h5-6,11,13-14H,1-4,7-10,12H2/t13-,14-/m1/s1. The predicted molar refractivity (Wildman–Crippen MR) is 96.7 cm³/mol. The summed E-state index contributed by atoms with van der Waals surface area (Å²) in [4.78, 5) is 26.7. The lowest BCUT2D eigenvalue weighted by atomic mass is 9.75. The van der Waals surface area contributed by atoms with Crippen LogP contribution in [-0.4, -0.2) is 28.5 Å². The average molecular weight is 363 g/mol. The van der Waals surface area contributed by atoms with Crippen LogP contribution in [0.5, 0.6) is 0 Å². The molecule has 1 aromatic heterocycles. The van der Waals surface area contributed by atoms with E-state index in [2.05, 4.69) is 0 Å². The van der Waals surface area contributed by atoms with Gasteiger partial charge in [-0.2, -0.15) is 0 Å². The number of oxazole rings is 1. The number of carbonyl (C=O) groups excluding carboxylic acids is 1. The highest BCUT2D eigenvalue weighted by Gasteiger charge is 2.32. The van der Waals surface area contributed by atoms with E-state index in [0.29, 0.717) is 35.0 Å². The Bertz CT molecular complexity index is 841. The van der Waals surface area contributed by atoms with Crippen molar-refractivity contribution < 1.29 is 9.21 Å². The van der Waals surface area contributed by atoms with Gasteiger partial charge in [-0.1, -0.05) is 30.9 Å². The van der Waals surface area contributed by atoms with Crippen molar-refractivity contribution in [2.24, 2.45) is 11.8 Å². The zero-order chi connectivity index (χ0) is 17.4. The molecule has 2 heterocycles. The van der Waals surface area contributed by atoms with Gasteiger partial charge in [0.2, 0.25) is 5.91 Å². The quantitative estimate of drug-likeness (QED) is 0.837. The fourth-order valence-electron chi connectivity index (χ4n) is 4.44. The predicted octanol–water partition coefficient (Wildman–Crippen LogP) is 3.68. The fraction of sp³-hybridized carbons (Fsp3) is 0.579. The van der Waals surface area contributed by atoms with Gasteiger partial charge >= 0.3 is 5.76 Å². The molecule has 6 heteroatoms. The van der Waals surface area contributed by atoms with Crippen molar-refractivity contribution in [1.29, 1.82) is 0 Å². The Hall–Kier alpha value is -1.75. The molecule has 1 aromatic carbocycles. The molecule has 1 saturated carbocycles. The monoisotopic (exact) mass is 362 g/mol. The molecule has 1 saturated heterocycles. The van der Waals surface area contributed by atoms with Gasteiger partial charge in [0, 0.05) is 37.1 Å². The number of benzene rings is 1. The van der Waals surface area contributed by atoms with Gasteiger partial charge in [-0.15, -0.1) is 0 Å². The molecule has 25 heavy (non-hydrogen) atoms. The Morgan fingerprint density at radius 2 is 2.00 bits per heavy atom. The number of likely N-dealkylation sites (tertiary alicyclic amines) is 1. The molecular formula is C19H23ClN2O3. The zero-order valence-corrected chi connectivity index (χ0v) is 15.0. The SMILES string of the molecule is O=C(CCn1c(=O)oc2cc(Cl)ccc21)N1CC[C@H]2CCCC[C@@H]2C1. The number of hydrogen-bond donors (Lipinski definition) is 0. The zero-order valence-electron chi connectivity index (χ0n) is 14.2. The van der Waals surface area contributed by atoms with E-state index in [1.165, 1.54) is 30.3 Å². The molecule has 2 aliphatic rings. The van der Waals surface area contributed by atoms with E-state index < -0.39 is 5.76 Å². The van der Waals surface area contributed by atoms with Gasteiger partial charge in [-0.25, -0.2) is 4.79 Å². The van der Waals surface area contributed by atoms with Crippen LogP contribution in [0.4, 0.5) is 0 Å². The van der Waals surface area contributed by atoms with Gasteiger partial charge in [0.1, 0.15) is 0 Å². The van der Waals surface area contributed by atoms with Gasteiger partial charge in [0.25, 0.3) is 0 Å². The maximum Gasteiger partial charge on any atom is 0.419 e. The van der Waals surface area contributed by atoms with Crippen molar-refractivity contribution in [1.82, 2.24) is 9.47 Å². The fourth-order valence-corrected chi connectivity index (χ4v) is 4.61. The van der Waals surface area contributed by atoms with Crippen molar-refractivity contribution >= 4 is 28.6 Å². The second-order valence-corrected chi connectivity index (χ2v) is 7.75. The van der Waals surface area contributed by atoms with Crippen LogP contribution in [0.1, 0.15) is 38.5 Å². The molecule has 0 N–H and O–H groups in total. The highest BCUT2D eigenvalue weighted by Crippen LogP contribution is 2.36. The number of nitrogens with zero attached hydrogens (tertiary/aromatic N) is 2. The summed E-state index contributed by atoms with van der Waals surface area (Å²) in [5, 5.41) is 0.528. The molecular weight excluding hydrogens is 340 g/mol. The molecule has 5 nitrogen and oxygen atoms in total. The molecule has 0 spiro atoms. The van der Waals surface area contributed by atoms with Crippen LogP contribution in [0.15, 0.2) is 27.4 Å². The van der Waals surface area contributed by atoms with Gasteiger partial charge in [-0.05, 0) is 36.8 Å². The molecule has 1 aliphatic heterocycles. The van der Waals surface area contributed by atoms with Crippen molar-refractivity contribution in [2.75, 3.05) is 13.1 Å². The van der Waals surface area contributed by atoms with E-state index in [4.69, 9.17) is 16.0 Å². The normalized spacial score (nSPS) is 23.6. The summed E-state index contributed by atoms with van der Waals surface area (Å²) in [6.07, 6.45) is 6.67. The Kier molecular flexibility index (Phi) is 4.59. The minimum absolute atomic E-state index is 0.138. The molecule has 2 fully saturated rings. The molecule has 0 bridgehead atoms. The van der Waals surface area contributed by atoms with Crippen molar-refractivity contribution in [3.05, 3.63) is 33.8 Å². The van der Waals surface area contributed by atoms with Crippen LogP contribution in [0, 0.1) is 11.8 Å². The maximum atomic E-state index is 12.6. The summed E-state index contributed by atoms with van der Waals surface area (Å²) < 4.78 is 6.75. The minimum Gasteiger partial charge on any atom is -0.408 e. The second kappa shape index (κ2) is 6.87. The second-order valence-electron chi connectivity index (χ2n) is 7.31. The third-order valence-corrected chi connectivity index (χ3v) is 6.06. The number of hydrogen-bond acceptors (Lipinski definition) is 3. The van der Waals surface area contributed by atoms with Crippen molar-refractivity contribution in [3.8, 4) is 0 Å². The first kappa shape index (κ1) is 16.7. The average Bonchev–Trinajstić information content (AvgIpc) is 2.93. The van der Waals surface area contributed by atoms with Gasteiger partial charge in [-0.3, -0.25) is 9.36 Å². The molecule has 134 valence electrons. The highest BCUT2D eigenvalue weighted by molar-refractivity contribution is 6.31. The van der Waals surface area contributed by atoms with Crippen LogP contribution in [-0.2, 0) is 11.3 Å². The topological polar surface area (TPSA) is 55.5 Å². The molecule has 2 aromatic rings. The molecule has 2 atom stereocenters. The Labute approximate surface area is 151 Å². The summed E-state index contributed by atoms with van der Waals surface area (Å²) in [5.41, 5.74) is 1.15. The lowest BCUT2D eigenvalue weighted by Crippen LogP contribution is -2.45. The van der Waals surface area contributed by atoms with Gasteiger partial charge < -0.3 is 9.32 Å². The number of piperidine rings is 1. The Morgan fingerprint density at radius 3 is 2.84 bits per heavy atom. The first-order chi connectivity index (χ1) is 12.1. The van der Waals surface area contributed by atoms with Crippen LogP contribution in [0.2, 0.25) is 5.02 Å². The van der Waals surface area contributed by atoms with Crippen LogP contribution < -0.4 is 5.76 Å². The molecule has 1 aliphatic carbocycles. The number of halogens is 1. The number of aryl methyl sites for hydroxylation is 1. The number of carbonyl (C=O) groups is 1. The molecule has 4 rings (SSSR count). The Balaban J connectivity index is 1.42. The van der Waals surface area contributed by atoms with E-state index >= 15 is 0 Å². The highest BCUT2D eigenvalue weighted by atomic mass is 35.5. The lowest BCUT2D eigenvalue weighted by molar-refractivity contribution is -0.134. The number of amides is 1. The first-order valence-electron chi connectivity index (χ1n) is 9.18. The van der Waals surface area contributed by atoms with Crippen molar-refractivity contribution in [3.63, 3.8) is 0 Å². The van der Waals surface area contributed by atoms with E-state index in [0.717, 1.165) is 25.4 Å². The van der Waals surface area contributed by atoms with Crippen LogP contribution in [0.3, 0.4) is 0 Å². The summed E-state index contributed by atoms with van der Waals surface area (Å²) in [5.74, 6) is 1.18. The lowest BCUT2D eigenvalue weighted by Gasteiger charge is -2.41. The number of aromatic nitrogens is 1. The smallest absolute Gasteiger partial charge is 0.408 e. The summed E-state index contributed by atoms with van der Waals surface area (Å²) in [7, 11) is 0. The van der Waals surface area contributed by atoms with Gasteiger partial charge in [0.05, 0.1) is 5.52 Å². The van der Waals surface area contributed by atoms with Crippen LogP contribution in [0.25, 0.3) is 11.1 Å².